The molecule has 2 nitrogen and oxygen atoms in total. The Labute approximate surface area is 92.6 Å². The third-order valence-electron chi connectivity index (χ3n) is 2.62. The van der Waals surface area contributed by atoms with Crippen LogP contribution in [0.25, 0.3) is 0 Å². The molecule has 14 heavy (non-hydrogen) atoms. The van der Waals surface area contributed by atoms with Crippen molar-refractivity contribution in [2.24, 2.45) is 5.73 Å². The van der Waals surface area contributed by atoms with Crippen LogP contribution in [0, 0.1) is 6.92 Å². The fourth-order valence-corrected chi connectivity index (χ4v) is 2.45. The molecule has 3 heteroatoms. The van der Waals surface area contributed by atoms with Gasteiger partial charge in [0.2, 0.25) is 0 Å². The van der Waals surface area contributed by atoms with Crippen molar-refractivity contribution >= 4 is 15.9 Å². The first kappa shape index (κ1) is 9.99. The number of fused-ring (bicyclic) bond motifs is 1. The minimum atomic E-state index is 0.0989. The summed E-state index contributed by atoms with van der Waals surface area (Å²) in [5.41, 5.74) is 8.40. The van der Waals surface area contributed by atoms with E-state index in [4.69, 9.17) is 10.5 Å². The first-order valence-corrected chi connectivity index (χ1v) is 5.67. The highest BCUT2D eigenvalue weighted by atomic mass is 79.9. The topological polar surface area (TPSA) is 35.2 Å². The Kier molecular flexibility index (Phi) is 2.79. The van der Waals surface area contributed by atoms with Crippen molar-refractivity contribution in [1.82, 2.24) is 0 Å². The normalized spacial score (nSPS) is 20.9. The van der Waals surface area contributed by atoms with Crippen molar-refractivity contribution in [3.8, 4) is 5.75 Å². The highest BCUT2D eigenvalue weighted by Gasteiger charge is 2.20. The van der Waals surface area contributed by atoms with Gasteiger partial charge in [-0.2, -0.15) is 0 Å². The van der Waals surface area contributed by atoms with Gasteiger partial charge in [0.05, 0.1) is 6.61 Å². The Bertz CT molecular complexity index is 351. The van der Waals surface area contributed by atoms with E-state index >= 15 is 0 Å². The van der Waals surface area contributed by atoms with E-state index in [2.05, 4.69) is 28.9 Å². The van der Waals surface area contributed by atoms with Crippen LogP contribution in [0.2, 0.25) is 0 Å². The van der Waals surface area contributed by atoms with Gasteiger partial charge >= 0.3 is 0 Å². The number of nitrogens with two attached hydrogens (primary N) is 1. The molecule has 0 aliphatic carbocycles. The molecule has 0 bridgehead atoms. The van der Waals surface area contributed by atoms with Crippen LogP contribution in [0.5, 0.6) is 5.75 Å². The third kappa shape index (κ3) is 1.66. The molecule has 1 aliphatic heterocycles. The van der Waals surface area contributed by atoms with E-state index in [1.807, 2.05) is 6.07 Å². The third-order valence-corrected chi connectivity index (χ3v) is 3.31. The molecule has 0 fully saturated rings. The van der Waals surface area contributed by atoms with Gasteiger partial charge in [0.25, 0.3) is 0 Å². The van der Waals surface area contributed by atoms with Crippen molar-refractivity contribution in [1.29, 1.82) is 0 Å². The van der Waals surface area contributed by atoms with Gasteiger partial charge in [0.1, 0.15) is 5.75 Å². The average molecular weight is 256 g/mol. The van der Waals surface area contributed by atoms with Crippen molar-refractivity contribution in [2.45, 2.75) is 25.8 Å². The fourth-order valence-electron chi connectivity index (χ4n) is 1.84. The smallest absolute Gasteiger partial charge is 0.128 e. The largest absolute Gasteiger partial charge is 0.493 e. The van der Waals surface area contributed by atoms with Gasteiger partial charge in [0, 0.05) is 16.1 Å². The monoisotopic (exact) mass is 255 g/mol. The maximum atomic E-state index is 6.11. The molecule has 0 saturated carbocycles. The van der Waals surface area contributed by atoms with E-state index in [-0.39, 0.29) is 6.04 Å². The van der Waals surface area contributed by atoms with Crippen LogP contribution in [0.15, 0.2) is 16.6 Å². The van der Waals surface area contributed by atoms with Crippen LogP contribution >= 0.6 is 15.9 Å². The van der Waals surface area contributed by atoms with Crippen molar-refractivity contribution in [3.05, 3.63) is 27.7 Å². The molecular formula is C11H14BrNO. The van der Waals surface area contributed by atoms with Gasteiger partial charge in [-0.15, -0.1) is 0 Å². The van der Waals surface area contributed by atoms with E-state index in [1.54, 1.807) is 0 Å². The molecule has 0 aromatic heterocycles. The van der Waals surface area contributed by atoms with Crippen LogP contribution in [0.4, 0.5) is 0 Å². The van der Waals surface area contributed by atoms with Crippen LogP contribution in [0.3, 0.4) is 0 Å². The highest BCUT2D eigenvalue weighted by Crippen LogP contribution is 2.37. The maximum Gasteiger partial charge on any atom is 0.128 e. The summed E-state index contributed by atoms with van der Waals surface area (Å²) < 4.78 is 6.78. The van der Waals surface area contributed by atoms with Crippen molar-refractivity contribution < 1.29 is 4.74 Å². The summed E-state index contributed by atoms with van der Waals surface area (Å²) in [5.74, 6) is 0.976. The van der Waals surface area contributed by atoms with E-state index in [1.165, 1.54) is 5.56 Å². The molecule has 1 aliphatic rings. The number of hydrogen-bond donors (Lipinski definition) is 1. The number of ether oxygens (including phenoxy) is 1. The summed E-state index contributed by atoms with van der Waals surface area (Å²) in [5, 5.41) is 0. The van der Waals surface area contributed by atoms with Crippen LogP contribution in [0.1, 0.15) is 30.0 Å². The van der Waals surface area contributed by atoms with Gasteiger partial charge in [0.15, 0.2) is 0 Å². The molecule has 2 rings (SSSR count). The number of aryl methyl sites for hydroxylation is 1. The maximum absolute atomic E-state index is 6.11. The standard InChI is InChI=1S/C11H14BrNO/c1-7-4-5-8(12)10-9(13)3-2-6-14-11(7)10/h4-5,9H,2-3,6,13H2,1H3/t9-/m1/s1. The predicted octanol–water partition coefficient (Wildman–Crippen LogP) is 2.93. The zero-order valence-corrected chi connectivity index (χ0v) is 9.80. The first-order chi connectivity index (χ1) is 6.70. The SMILES string of the molecule is Cc1ccc(Br)c2c1OCCC[C@H]2N. The minimum absolute atomic E-state index is 0.0989. The van der Waals surface area contributed by atoms with Crippen LogP contribution in [-0.2, 0) is 0 Å². The lowest BCUT2D eigenvalue weighted by molar-refractivity contribution is 0.314. The Hall–Kier alpha value is -0.540. The molecule has 0 amide bonds. The van der Waals surface area contributed by atoms with Crippen molar-refractivity contribution in [3.63, 3.8) is 0 Å². The number of hydrogen-bond acceptors (Lipinski definition) is 2. The summed E-state index contributed by atoms with van der Waals surface area (Å²) in [6.07, 6.45) is 2.02. The molecule has 0 saturated heterocycles. The summed E-state index contributed by atoms with van der Waals surface area (Å²) >= 11 is 3.53. The highest BCUT2D eigenvalue weighted by molar-refractivity contribution is 9.10. The molecule has 76 valence electrons. The van der Waals surface area contributed by atoms with Crippen molar-refractivity contribution in [2.75, 3.05) is 6.61 Å². The second-order valence-corrected chi connectivity index (χ2v) is 4.56. The van der Waals surface area contributed by atoms with E-state index in [0.717, 1.165) is 35.2 Å². The lowest BCUT2D eigenvalue weighted by atomic mass is 10.0. The summed E-state index contributed by atoms with van der Waals surface area (Å²) in [7, 11) is 0. The molecule has 1 aromatic carbocycles. The lowest BCUT2D eigenvalue weighted by Gasteiger charge is -2.15. The lowest BCUT2D eigenvalue weighted by Crippen LogP contribution is -2.10. The number of halogens is 1. The van der Waals surface area contributed by atoms with E-state index in [0.29, 0.717) is 0 Å². The van der Waals surface area contributed by atoms with Gasteiger partial charge in [-0.3, -0.25) is 0 Å². The minimum Gasteiger partial charge on any atom is -0.493 e. The quantitative estimate of drug-likeness (QED) is 0.774. The Morgan fingerprint density at radius 1 is 1.50 bits per heavy atom. The van der Waals surface area contributed by atoms with E-state index in [9.17, 15) is 0 Å². The molecule has 2 N–H and O–H groups in total. The zero-order valence-electron chi connectivity index (χ0n) is 8.22. The van der Waals surface area contributed by atoms with Gasteiger partial charge < -0.3 is 10.5 Å². The summed E-state index contributed by atoms with van der Waals surface area (Å²) in [6.45, 7) is 2.83. The van der Waals surface area contributed by atoms with E-state index < -0.39 is 0 Å². The Morgan fingerprint density at radius 3 is 3.07 bits per heavy atom. The second-order valence-electron chi connectivity index (χ2n) is 3.70. The molecular weight excluding hydrogens is 242 g/mol. The van der Waals surface area contributed by atoms with Crippen LogP contribution < -0.4 is 10.5 Å². The summed E-state index contributed by atoms with van der Waals surface area (Å²) in [4.78, 5) is 0. The fraction of sp³-hybridized carbons (Fsp3) is 0.455. The second kappa shape index (κ2) is 3.91. The molecule has 0 unspecified atom stereocenters. The molecule has 0 radical (unpaired) electrons. The Balaban J connectivity index is 2.57. The number of rotatable bonds is 0. The molecule has 1 aromatic rings. The molecule has 0 spiro atoms. The van der Waals surface area contributed by atoms with Crippen LogP contribution in [-0.4, -0.2) is 6.61 Å². The zero-order chi connectivity index (χ0) is 10.1. The molecule has 1 heterocycles. The predicted molar refractivity (Wildman–Crippen MR) is 60.5 cm³/mol. The van der Waals surface area contributed by atoms with Gasteiger partial charge in [-0.1, -0.05) is 22.0 Å². The molecule has 1 atom stereocenters. The average Bonchev–Trinajstić information content (AvgIpc) is 2.35. The van der Waals surface area contributed by atoms with Gasteiger partial charge in [-0.05, 0) is 31.4 Å². The number of benzene rings is 1. The first-order valence-electron chi connectivity index (χ1n) is 4.87. The Morgan fingerprint density at radius 2 is 2.29 bits per heavy atom. The van der Waals surface area contributed by atoms with Gasteiger partial charge in [-0.25, -0.2) is 0 Å². The summed E-state index contributed by atoms with van der Waals surface area (Å²) in [6, 6.07) is 4.20.